The maximum atomic E-state index is 11.7. The van der Waals surface area contributed by atoms with Crippen molar-refractivity contribution >= 4 is 9.84 Å². The summed E-state index contributed by atoms with van der Waals surface area (Å²) in [6.45, 7) is 2.48. The van der Waals surface area contributed by atoms with E-state index in [-0.39, 0.29) is 5.16 Å². The molecule has 0 spiro atoms. The fourth-order valence-corrected chi connectivity index (χ4v) is 3.16. The summed E-state index contributed by atoms with van der Waals surface area (Å²) in [5.41, 5.74) is 3.15. The van der Waals surface area contributed by atoms with E-state index in [9.17, 15) is 8.42 Å². The van der Waals surface area contributed by atoms with Crippen LogP contribution < -0.4 is 0 Å². The zero-order valence-electron chi connectivity index (χ0n) is 12.3. The average Bonchev–Trinajstić information content (AvgIpc) is 3.11. The van der Waals surface area contributed by atoms with E-state index in [1.807, 2.05) is 35.9 Å². The molecule has 0 fully saturated rings. The van der Waals surface area contributed by atoms with Crippen LogP contribution in [0.1, 0.15) is 11.1 Å². The molecular weight excluding hydrogens is 300 g/mol. The Morgan fingerprint density at radius 1 is 1.18 bits per heavy atom. The van der Waals surface area contributed by atoms with Gasteiger partial charge in [-0.05, 0) is 30.2 Å². The van der Waals surface area contributed by atoms with E-state index in [4.69, 9.17) is 0 Å². The lowest BCUT2D eigenvalue weighted by molar-refractivity contribution is 0.578. The van der Waals surface area contributed by atoms with Crippen molar-refractivity contribution in [3.05, 3.63) is 60.4 Å². The van der Waals surface area contributed by atoms with Gasteiger partial charge in [-0.25, -0.2) is 18.4 Å². The number of hydrogen-bond acceptors (Lipinski definition) is 4. The maximum Gasteiger partial charge on any atom is 0.227 e. The Kier molecular flexibility index (Phi) is 3.58. The minimum atomic E-state index is -3.33. The third kappa shape index (κ3) is 2.80. The highest BCUT2D eigenvalue weighted by molar-refractivity contribution is 7.90. The van der Waals surface area contributed by atoms with Crippen molar-refractivity contribution in [2.45, 2.75) is 18.6 Å². The highest BCUT2D eigenvalue weighted by atomic mass is 32.2. The van der Waals surface area contributed by atoms with Crippen LogP contribution in [0.15, 0.2) is 54.5 Å². The summed E-state index contributed by atoms with van der Waals surface area (Å²) in [5.74, 6) is 0. The van der Waals surface area contributed by atoms with Crippen molar-refractivity contribution in [1.82, 2.24) is 19.1 Å². The van der Waals surface area contributed by atoms with E-state index in [1.165, 1.54) is 12.5 Å². The van der Waals surface area contributed by atoms with Crippen molar-refractivity contribution in [1.29, 1.82) is 0 Å². The molecule has 0 N–H and O–H groups in total. The predicted octanol–water partition coefficient (Wildman–Crippen LogP) is 1.83. The van der Waals surface area contributed by atoms with Gasteiger partial charge < -0.3 is 9.13 Å². The normalized spacial score (nSPS) is 11.7. The summed E-state index contributed by atoms with van der Waals surface area (Å²) in [6.07, 6.45) is 9.71. The number of hydrogen-bond donors (Lipinski definition) is 0. The van der Waals surface area contributed by atoms with E-state index in [1.54, 1.807) is 23.3 Å². The van der Waals surface area contributed by atoms with Crippen LogP contribution in [0.4, 0.5) is 0 Å². The molecule has 1 aromatic carbocycles. The van der Waals surface area contributed by atoms with Gasteiger partial charge in [-0.3, -0.25) is 0 Å². The van der Waals surface area contributed by atoms with Gasteiger partial charge >= 0.3 is 0 Å². The molecule has 0 amide bonds. The van der Waals surface area contributed by atoms with Gasteiger partial charge in [-0.15, -0.1) is 0 Å². The summed E-state index contributed by atoms with van der Waals surface area (Å²) in [7, 11) is -3.33. The lowest BCUT2D eigenvalue weighted by Gasteiger charge is -2.11. The molecule has 0 aliphatic carbocycles. The number of imidazole rings is 2. The monoisotopic (exact) mass is 316 g/mol. The van der Waals surface area contributed by atoms with Gasteiger partial charge in [0.05, 0.1) is 6.33 Å². The SMILES string of the molecule is Cc1cc(-n2ccnc2)ccc1Cn1ccnc1S(C)(=O)=O. The maximum absolute atomic E-state index is 11.7. The lowest BCUT2D eigenvalue weighted by atomic mass is 10.1. The molecular formula is C15H16N4O2S. The van der Waals surface area contributed by atoms with Crippen LogP contribution in [0.25, 0.3) is 5.69 Å². The first-order valence-corrected chi connectivity index (χ1v) is 8.63. The summed E-state index contributed by atoms with van der Waals surface area (Å²) in [6, 6.07) is 6.03. The molecule has 7 heteroatoms. The van der Waals surface area contributed by atoms with Crippen molar-refractivity contribution in [2.24, 2.45) is 0 Å². The first-order valence-electron chi connectivity index (χ1n) is 6.74. The van der Waals surface area contributed by atoms with Gasteiger partial charge in [0.15, 0.2) is 0 Å². The average molecular weight is 316 g/mol. The van der Waals surface area contributed by atoms with Crippen LogP contribution in [0.3, 0.4) is 0 Å². The van der Waals surface area contributed by atoms with E-state index >= 15 is 0 Å². The Balaban J connectivity index is 1.93. The minimum Gasteiger partial charge on any atom is -0.318 e. The number of aryl methyl sites for hydroxylation is 1. The first-order chi connectivity index (χ1) is 10.4. The number of sulfone groups is 1. The van der Waals surface area contributed by atoms with Crippen LogP contribution in [0, 0.1) is 6.92 Å². The molecule has 3 rings (SSSR count). The van der Waals surface area contributed by atoms with E-state index in [0.717, 1.165) is 16.8 Å². The molecule has 0 saturated carbocycles. The van der Waals surface area contributed by atoms with Gasteiger partial charge in [-0.1, -0.05) is 6.07 Å². The predicted molar refractivity (Wildman–Crippen MR) is 82.7 cm³/mol. The van der Waals surface area contributed by atoms with E-state index < -0.39 is 9.84 Å². The largest absolute Gasteiger partial charge is 0.318 e. The number of rotatable bonds is 4. The topological polar surface area (TPSA) is 69.8 Å². The second-order valence-electron chi connectivity index (χ2n) is 5.19. The van der Waals surface area contributed by atoms with E-state index in [2.05, 4.69) is 9.97 Å². The van der Waals surface area contributed by atoms with Gasteiger partial charge in [-0.2, -0.15) is 0 Å². The van der Waals surface area contributed by atoms with Crippen LogP contribution in [0.5, 0.6) is 0 Å². The standard InChI is InChI=1S/C15H16N4O2S/c1-12-9-14(19-7-5-16-11-19)4-3-13(12)10-18-8-6-17-15(18)22(2,20)21/h3-9,11H,10H2,1-2H3. The molecule has 22 heavy (non-hydrogen) atoms. The molecule has 3 aromatic rings. The third-order valence-corrected chi connectivity index (χ3v) is 4.48. The molecule has 114 valence electrons. The van der Waals surface area contributed by atoms with Crippen molar-refractivity contribution in [3.8, 4) is 5.69 Å². The van der Waals surface area contributed by atoms with Crippen LogP contribution in [0.2, 0.25) is 0 Å². The molecule has 0 atom stereocenters. The molecule has 2 heterocycles. The lowest BCUT2D eigenvalue weighted by Crippen LogP contribution is -2.10. The van der Waals surface area contributed by atoms with Gasteiger partial charge in [0.2, 0.25) is 15.0 Å². The molecule has 0 aliphatic heterocycles. The van der Waals surface area contributed by atoms with Crippen LogP contribution >= 0.6 is 0 Å². The Hall–Kier alpha value is -2.41. The smallest absolute Gasteiger partial charge is 0.227 e. The van der Waals surface area contributed by atoms with Crippen molar-refractivity contribution < 1.29 is 8.42 Å². The quantitative estimate of drug-likeness (QED) is 0.736. The first kappa shape index (κ1) is 14.5. The number of benzene rings is 1. The van der Waals surface area contributed by atoms with Crippen molar-refractivity contribution in [3.63, 3.8) is 0 Å². The van der Waals surface area contributed by atoms with Gasteiger partial charge in [0.1, 0.15) is 0 Å². The molecule has 6 nitrogen and oxygen atoms in total. The third-order valence-electron chi connectivity index (χ3n) is 3.48. The summed E-state index contributed by atoms with van der Waals surface area (Å²) < 4.78 is 27.0. The van der Waals surface area contributed by atoms with Crippen LogP contribution in [-0.2, 0) is 16.4 Å². The molecule has 0 radical (unpaired) electrons. The number of nitrogens with zero attached hydrogens (tertiary/aromatic N) is 4. The second kappa shape index (κ2) is 5.42. The van der Waals surface area contributed by atoms with Gasteiger partial charge in [0, 0.05) is 43.3 Å². The molecule has 0 unspecified atom stereocenters. The van der Waals surface area contributed by atoms with Crippen molar-refractivity contribution in [2.75, 3.05) is 6.26 Å². The molecule has 0 bridgehead atoms. The Morgan fingerprint density at radius 2 is 2.00 bits per heavy atom. The Bertz CT molecular complexity index is 896. The fourth-order valence-electron chi connectivity index (χ4n) is 2.36. The van der Waals surface area contributed by atoms with Crippen LogP contribution in [-0.4, -0.2) is 33.8 Å². The highest BCUT2D eigenvalue weighted by Gasteiger charge is 2.15. The van der Waals surface area contributed by atoms with Gasteiger partial charge in [0.25, 0.3) is 0 Å². The molecule has 0 aliphatic rings. The summed E-state index contributed by atoms with van der Waals surface area (Å²) in [4.78, 5) is 7.97. The Labute approximate surface area is 129 Å². The summed E-state index contributed by atoms with van der Waals surface area (Å²) >= 11 is 0. The zero-order valence-corrected chi connectivity index (χ0v) is 13.2. The minimum absolute atomic E-state index is 0.0885. The fraction of sp³-hybridized carbons (Fsp3) is 0.200. The summed E-state index contributed by atoms with van der Waals surface area (Å²) in [5, 5.41) is 0.0885. The van der Waals surface area contributed by atoms with E-state index in [0.29, 0.717) is 6.54 Å². The number of aromatic nitrogens is 4. The molecule has 0 saturated heterocycles. The second-order valence-corrected chi connectivity index (χ2v) is 7.10. The molecule has 2 aromatic heterocycles. The highest BCUT2D eigenvalue weighted by Crippen LogP contribution is 2.17. The Morgan fingerprint density at radius 3 is 2.64 bits per heavy atom. The zero-order chi connectivity index (χ0) is 15.7.